The number of nitrogens with two attached hydrogens (primary N) is 1. The van der Waals surface area contributed by atoms with Crippen molar-refractivity contribution in [3.63, 3.8) is 0 Å². The first kappa shape index (κ1) is 17.4. The van der Waals surface area contributed by atoms with E-state index in [4.69, 9.17) is 5.73 Å². The van der Waals surface area contributed by atoms with Crippen LogP contribution in [0.3, 0.4) is 0 Å². The van der Waals surface area contributed by atoms with E-state index in [0.717, 1.165) is 19.3 Å². The fourth-order valence-electron chi connectivity index (χ4n) is 2.70. The predicted molar refractivity (Wildman–Crippen MR) is 86.0 cm³/mol. The van der Waals surface area contributed by atoms with Gasteiger partial charge in [-0.25, -0.2) is 17.9 Å². The number of hydrogen-bond acceptors (Lipinski definition) is 5. The van der Waals surface area contributed by atoms with E-state index in [9.17, 15) is 13.2 Å². The maximum atomic E-state index is 12.5. The van der Waals surface area contributed by atoms with Gasteiger partial charge in [0.1, 0.15) is 0 Å². The summed E-state index contributed by atoms with van der Waals surface area (Å²) >= 11 is 3.21. The van der Waals surface area contributed by atoms with Crippen LogP contribution >= 0.6 is 15.9 Å². The summed E-state index contributed by atoms with van der Waals surface area (Å²) < 4.78 is 32.7. The van der Waals surface area contributed by atoms with Crippen molar-refractivity contribution in [1.82, 2.24) is 4.72 Å². The molecular weight excluding hydrogens is 372 g/mol. The van der Waals surface area contributed by atoms with Crippen LogP contribution in [0.2, 0.25) is 0 Å². The van der Waals surface area contributed by atoms with Gasteiger partial charge in [0.15, 0.2) is 0 Å². The minimum atomic E-state index is -3.67. The second-order valence-corrected chi connectivity index (χ2v) is 7.83. The number of nitrogens with one attached hydrogen (secondary N) is 1. The van der Waals surface area contributed by atoms with Gasteiger partial charge in [-0.05, 0) is 59.4 Å². The van der Waals surface area contributed by atoms with E-state index in [1.807, 2.05) is 0 Å². The maximum Gasteiger partial charge on any atom is 0.337 e. The molecule has 0 saturated heterocycles. The summed E-state index contributed by atoms with van der Waals surface area (Å²) in [5.41, 5.74) is 5.97. The Morgan fingerprint density at radius 2 is 2.18 bits per heavy atom. The first-order valence-electron chi connectivity index (χ1n) is 6.99. The molecule has 0 radical (unpaired) electrons. The predicted octanol–water partition coefficient (Wildman–Crippen LogP) is 1.64. The monoisotopic (exact) mass is 390 g/mol. The van der Waals surface area contributed by atoms with Crippen molar-refractivity contribution in [1.29, 1.82) is 0 Å². The van der Waals surface area contributed by atoms with Crippen LogP contribution in [-0.4, -0.2) is 34.1 Å². The number of carbonyl (C=O) groups is 1. The quantitative estimate of drug-likeness (QED) is 0.744. The van der Waals surface area contributed by atoms with E-state index in [1.54, 1.807) is 0 Å². The summed E-state index contributed by atoms with van der Waals surface area (Å²) in [6.07, 6.45) is 2.70. The summed E-state index contributed by atoms with van der Waals surface area (Å²) in [7, 11) is -2.40. The van der Waals surface area contributed by atoms with E-state index in [-0.39, 0.29) is 22.4 Å². The Labute approximate surface area is 138 Å². The molecule has 0 aliphatic heterocycles. The summed E-state index contributed by atoms with van der Waals surface area (Å²) in [5.74, 6) is -0.348. The molecule has 0 heterocycles. The number of halogens is 1. The highest BCUT2D eigenvalue weighted by Gasteiger charge is 2.31. The largest absolute Gasteiger partial charge is 0.465 e. The molecule has 2 rings (SSSR count). The van der Waals surface area contributed by atoms with Crippen molar-refractivity contribution in [2.75, 3.05) is 13.7 Å². The van der Waals surface area contributed by atoms with Crippen molar-refractivity contribution in [3.05, 3.63) is 28.2 Å². The highest BCUT2D eigenvalue weighted by atomic mass is 79.9. The van der Waals surface area contributed by atoms with Gasteiger partial charge >= 0.3 is 5.97 Å². The Bertz CT molecular complexity index is 663. The lowest BCUT2D eigenvalue weighted by Gasteiger charge is -2.20. The molecule has 1 saturated carbocycles. The average Bonchev–Trinajstić information content (AvgIpc) is 2.92. The van der Waals surface area contributed by atoms with Crippen molar-refractivity contribution in [3.8, 4) is 0 Å². The Kier molecular flexibility index (Phi) is 5.60. The Morgan fingerprint density at radius 1 is 1.45 bits per heavy atom. The molecule has 1 aromatic carbocycles. The molecule has 6 nitrogen and oxygen atoms in total. The topological polar surface area (TPSA) is 98.5 Å². The third kappa shape index (κ3) is 3.68. The van der Waals surface area contributed by atoms with Crippen LogP contribution in [0.15, 0.2) is 27.6 Å². The van der Waals surface area contributed by atoms with Gasteiger partial charge in [0, 0.05) is 10.5 Å². The van der Waals surface area contributed by atoms with E-state index < -0.39 is 16.0 Å². The summed E-state index contributed by atoms with van der Waals surface area (Å²) in [6.45, 7) is 0.468. The molecule has 1 aliphatic carbocycles. The van der Waals surface area contributed by atoms with E-state index in [2.05, 4.69) is 25.4 Å². The number of esters is 1. The first-order valence-corrected chi connectivity index (χ1v) is 9.27. The molecule has 1 aliphatic rings. The SMILES string of the molecule is COC(=O)c1ccc(S(=O)(=O)NC2CCCC2CN)c(Br)c1. The van der Waals surface area contributed by atoms with Crippen LogP contribution in [-0.2, 0) is 14.8 Å². The molecule has 1 aromatic rings. The van der Waals surface area contributed by atoms with Crippen molar-refractivity contribution < 1.29 is 17.9 Å². The molecule has 2 unspecified atom stereocenters. The zero-order valence-electron chi connectivity index (χ0n) is 12.2. The van der Waals surface area contributed by atoms with Crippen LogP contribution < -0.4 is 10.5 Å². The molecule has 122 valence electrons. The van der Waals surface area contributed by atoms with Crippen molar-refractivity contribution in [2.45, 2.75) is 30.2 Å². The molecule has 8 heteroatoms. The van der Waals surface area contributed by atoms with Crippen LogP contribution in [0.5, 0.6) is 0 Å². The van der Waals surface area contributed by atoms with Gasteiger partial charge in [-0.15, -0.1) is 0 Å². The normalized spacial score (nSPS) is 21.8. The zero-order chi connectivity index (χ0) is 16.3. The van der Waals surface area contributed by atoms with Crippen LogP contribution in [0.25, 0.3) is 0 Å². The highest BCUT2D eigenvalue weighted by Crippen LogP contribution is 2.28. The van der Waals surface area contributed by atoms with Crippen molar-refractivity contribution in [2.24, 2.45) is 11.7 Å². The fourth-order valence-corrected chi connectivity index (χ4v) is 5.12. The molecule has 2 atom stereocenters. The van der Waals surface area contributed by atoms with Gasteiger partial charge < -0.3 is 10.5 Å². The second-order valence-electron chi connectivity index (χ2n) is 5.29. The Hall–Kier alpha value is -0.960. The van der Waals surface area contributed by atoms with Gasteiger partial charge in [-0.2, -0.15) is 0 Å². The van der Waals surface area contributed by atoms with Crippen LogP contribution in [0.4, 0.5) is 0 Å². The number of hydrogen-bond donors (Lipinski definition) is 2. The summed E-state index contributed by atoms with van der Waals surface area (Å²) in [4.78, 5) is 11.6. The summed E-state index contributed by atoms with van der Waals surface area (Å²) in [6, 6.07) is 4.13. The molecule has 1 fully saturated rings. The second kappa shape index (κ2) is 7.08. The first-order chi connectivity index (χ1) is 10.4. The standard InChI is InChI=1S/C14H19BrN2O4S/c1-21-14(18)9-5-6-13(11(15)7-9)22(19,20)17-12-4-2-3-10(12)8-16/h5-7,10,12,17H,2-4,8,16H2,1H3. The van der Waals surface area contributed by atoms with Gasteiger partial charge in [0.2, 0.25) is 10.0 Å². The lowest BCUT2D eigenvalue weighted by Crippen LogP contribution is -2.39. The van der Waals surface area contributed by atoms with Gasteiger partial charge in [-0.3, -0.25) is 0 Å². The minimum absolute atomic E-state index is 0.0998. The Balaban J connectivity index is 2.24. The molecule has 3 N–H and O–H groups in total. The molecule has 0 bridgehead atoms. The van der Waals surface area contributed by atoms with Gasteiger partial charge in [0.05, 0.1) is 17.6 Å². The molecule has 0 amide bonds. The van der Waals surface area contributed by atoms with Crippen LogP contribution in [0, 0.1) is 5.92 Å². The van der Waals surface area contributed by atoms with Crippen LogP contribution in [0.1, 0.15) is 29.6 Å². The smallest absolute Gasteiger partial charge is 0.337 e. The summed E-state index contributed by atoms with van der Waals surface area (Å²) in [5, 5.41) is 0. The fraction of sp³-hybridized carbons (Fsp3) is 0.500. The van der Waals surface area contributed by atoms with E-state index in [1.165, 1.54) is 25.3 Å². The van der Waals surface area contributed by atoms with Gasteiger partial charge in [-0.1, -0.05) is 6.42 Å². The number of carbonyl (C=O) groups excluding carboxylic acids is 1. The third-order valence-electron chi connectivity index (χ3n) is 3.91. The molecule has 0 spiro atoms. The maximum absolute atomic E-state index is 12.5. The molecule has 22 heavy (non-hydrogen) atoms. The number of rotatable bonds is 5. The minimum Gasteiger partial charge on any atom is -0.465 e. The zero-order valence-corrected chi connectivity index (χ0v) is 14.6. The number of ether oxygens (including phenoxy) is 1. The average molecular weight is 391 g/mol. The molecule has 0 aromatic heterocycles. The lowest BCUT2D eigenvalue weighted by molar-refractivity contribution is 0.0600. The third-order valence-corrected chi connectivity index (χ3v) is 6.38. The number of methoxy groups -OCH3 is 1. The number of sulfonamides is 1. The lowest BCUT2D eigenvalue weighted by atomic mass is 10.1. The highest BCUT2D eigenvalue weighted by molar-refractivity contribution is 9.10. The van der Waals surface area contributed by atoms with E-state index in [0.29, 0.717) is 11.0 Å². The van der Waals surface area contributed by atoms with Gasteiger partial charge in [0.25, 0.3) is 0 Å². The van der Waals surface area contributed by atoms with Crippen molar-refractivity contribution >= 4 is 31.9 Å². The molecular formula is C14H19BrN2O4S. The number of benzene rings is 1. The Morgan fingerprint density at radius 3 is 2.77 bits per heavy atom. The van der Waals surface area contributed by atoms with E-state index >= 15 is 0 Å².